The zero-order valence-electron chi connectivity index (χ0n) is 7.44. The van der Waals surface area contributed by atoms with E-state index in [4.69, 9.17) is 15.6 Å². The van der Waals surface area contributed by atoms with Crippen molar-refractivity contribution in [1.29, 1.82) is 0 Å². The van der Waals surface area contributed by atoms with Crippen molar-refractivity contribution in [3.8, 4) is 0 Å². The second kappa shape index (κ2) is 5.47. The van der Waals surface area contributed by atoms with E-state index in [1.807, 2.05) is 0 Å². The van der Waals surface area contributed by atoms with E-state index in [9.17, 15) is 4.79 Å². The fraction of sp³-hybridized carbons (Fsp3) is 0.875. The second-order valence-electron chi connectivity index (χ2n) is 3.12. The van der Waals surface area contributed by atoms with Gasteiger partial charge in [-0.2, -0.15) is 11.8 Å². The standard InChI is InChI=1S/C8H15NO3S/c9-7(8(10)11)5-13-4-6-2-1-3-12-6/h6-7H,1-5,9H2,(H,10,11)/t6?,7-/m1/s1. The van der Waals surface area contributed by atoms with E-state index in [0.29, 0.717) is 11.9 Å². The zero-order valence-corrected chi connectivity index (χ0v) is 8.26. The van der Waals surface area contributed by atoms with Crippen molar-refractivity contribution in [2.24, 2.45) is 5.73 Å². The first kappa shape index (κ1) is 10.8. The van der Waals surface area contributed by atoms with Gasteiger partial charge in [0.2, 0.25) is 0 Å². The average Bonchev–Trinajstić information content (AvgIpc) is 2.56. The molecule has 1 aliphatic rings. The molecule has 1 fully saturated rings. The monoisotopic (exact) mass is 205 g/mol. The minimum atomic E-state index is -0.931. The van der Waals surface area contributed by atoms with Crippen LogP contribution in [0, 0.1) is 0 Å². The Kier molecular flexibility index (Phi) is 4.55. The van der Waals surface area contributed by atoms with Crippen LogP contribution in [0.2, 0.25) is 0 Å². The highest BCUT2D eigenvalue weighted by Gasteiger charge is 2.17. The minimum Gasteiger partial charge on any atom is -0.480 e. The van der Waals surface area contributed by atoms with Crippen molar-refractivity contribution in [2.45, 2.75) is 25.0 Å². The number of nitrogens with two attached hydrogens (primary N) is 1. The fourth-order valence-corrected chi connectivity index (χ4v) is 2.23. The molecule has 1 saturated heterocycles. The van der Waals surface area contributed by atoms with Gasteiger partial charge in [-0.1, -0.05) is 0 Å². The number of hydrogen-bond donors (Lipinski definition) is 2. The summed E-state index contributed by atoms with van der Waals surface area (Å²) in [5.74, 6) is 0.399. The van der Waals surface area contributed by atoms with Gasteiger partial charge >= 0.3 is 5.97 Å². The first-order chi connectivity index (χ1) is 6.20. The number of ether oxygens (including phenoxy) is 1. The molecule has 0 aliphatic carbocycles. The highest BCUT2D eigenvalue weighted by molar-refractivity contribution is 7.99. The van der Waals surface area contributed by atoms with Gasteiger partial charge in [0, 0.05) is 18.1 Å². The Morgan fingerprint density at radius 3 is 3.08 bits per heavy atom. The molecule has 0 aromatic carbocycles. The lowest BCUT2D eigenvalue weighted by atomic mass is 10.3. The molecular formula is C8H15NO3S. The lowest BCUT2D eigenvalue weighted by Gasteiger charge is -2.10. The van der Waals surface area contributed by atoms with Crippen LogP contribution in [0.25, 0.3) is 0 Å². The van der Waals surface area contributed by atoms with E-state index in [1.165, 1.54) is 0 Å². The van der Waals surface area contributed by atoms with Gasteiger partial charge in [-0.05, 0) is 12.8 Å². The topological polar surface area (TPSA) is 72.5 Å². The summed E-state index contributed by atoms with van der Waals surface area (Å²) in [4.78, 5) is 10.4. The molecule has 1 rings (SSSR count). The smallest absolute Gasteiger partial charge is 0.321 e. The highest BCUT2D eigenvalue weighted by atomic mass is 32.2. The van der Waals surface area contributed by atoms with Crippen molar-refractivity contribution in [3.05, 3.63) is 0 Å². The third kappa shape index (κ3) is 3.97. The summed E-state index contributed by atoms with van der Waals surface area (Å²) in [6, 6.07) is -0.744. The van der Waals surface area contributed by atoms with Crippen molar-refractivity contribution >= 4 is 17.7 Å². The van der Waals surface area contributed by atoms with Crippen LogP contribution < -0.4 is 5.73 Å². The molecule has 0 radical (unpaired) electrons. The van der Waals surface area contributed by atoms with Crippen molar-refractivity contribution in [1.82, 2.24) is 0 Å². The molecule has 0 aromatic rings. The Labute approximate surface area is 81.8 Å². The van der Waals surface area contributed by atoms with Crippen LogP contribution in [-0.2, 0) is 9.53 Å². The quantitative estimate of drug-likeness (QED) is 0.676. The van der Waals surface area contributed by atoms with Crippen LogP contribution in [0.3, 0.4) is 0 Å². The molecule has 5 heteroatoms. The van der Waals surface area contributed by atoms with Gasteiger partial charge in [0.05, 0.1) is 6.10 Å². The van der Waals surface area contributed by atoms with E-state index in [2.05, 4.69) is 0 Å². The predicted molar refractivity (Wildman–Crippen MR) is 51.9 cm³/mol. The molecular weight excluding hydrogens is 190 g/mol. The van der Waals surface area contributed by atoms with Crippen molar-refractivity contribution < 1.29 is 14.6 Å². The van der Waals surface area contributed by atoms with Crippen LogP contribution in [0.5, 0.6) is 0 Å². The van der Waals surface area contributed by atoms with Gasteiger partial charge in [0.1, 0.15) is 6.04 Å². The maximum Gasteiger partial charge on any atom is 0.321 e. The predicted octanol–water partition coefficient (Wildman–Crippen LogP) is 0.311. The number of carbonyl (C=O) groups is 1. The number of carboxylic acids is 1. The Morgan fingerprint density at radius 2 is 2.54 bits per heavy atom. The normalized spacial score (nSPS) is 24.5. The van der Waals surface area contributed by atoms with Gasteiger partial charge < -0.3 is 15.6 Å². The molecule has 0 bridgehead atoms. The SMILES string of the molecule is N[C@H](CSCC1CCCO1)C(=O)O. The summed E-state index contributed by atoms with van der Waals surface area (Å²) in [5, 5.41) is 8.50. The molecule has 3 N–H and O–H groups in total. The maximum atomic E-state index is 10.4. The third-order valence-corrected chi connectivity index (χ3v) is 3.14. The lowest BCUT2D eigenvalue weighted by molar-refractivity contribution is -0.137. The Bertz CT molecular complexity index is 171. The Balaban J connectivity index is 2.02. The molecule has 76 valence electrons. The molecule has 13 heavy (non-hydrogen) atoms. The molecule has 0 saturated carbocycles. The number of carboxylic acid groups (broad SMARTS) is 1. The summed E-state index contributed by atoms with van der Waals surface area (Å²) in [5.41, 5.74) is 5.34. The minimum absolute atomic E-state index is 0.311. The van der Waals surface area contributed by atoms with Gasteiger partial charge in [0.25, 0.3) is 0 Å². The molecule has 2 atom stereocenters. The summed E-state index contributed by atoms with van der Waals surface area (Å²) in [7, 11) is 0. The number of aliphatic carboxylic acids is 1. The molecule has 0 aromatic heterocycles. The number of rotatable bonds is 5. The van der Waals surface area contributed by atoms with Crippen LogP contribution in [0.15, 0.2) is 0 Å². The van der Waals surface area contributed by atoms with Crippen LogP contribution in [0.1, 0.15) is 12.8 Å². The van der Waals surface area contributed by atoms with Crippen LogP contribution in [0.4, 0.5) is 0 Å². The van der Waals surface area contributed by atoms with Crippen LogP contribution >= 0.6 is 11.8 Å². The summed E-state index contributed by atoms with van der Waals surface area (Å²) in [6.07, 6.45) is 2.52. The number of hydrogen-bond acceptors (Lipinski definition) is 4. The molecule has 4 nitrogen and oxygen atoms in total. The number of thioether (sulfide) groups is 1. The second-order valence-corrected chi connectivity index (χ2v) is 4.19. The van der Waals surface area contributed by atoms with Gasteiger partial charge in [0.15, 0.2) is 0 Å². The largest absolute Gasteiger partial charge is 0.480 e. The van der Waals surface area contributed by atoms with E-state index in [1.54, 1.807) is 11.8 Å². The van der Waals surface area contributed by atoms with Gasteiger partial charge in [-0.3, -0.25) is 4.79 Å². The van der Waals surface area contributed by atoms with Gasteiger partial charge in [-0.25, -0.2) is 0 Å². The van der Waals surface area contributed by atoms with Crippen LogP contribution in [-0.4, -0.2) is 41.3 Å². The molecule has 0 amide bonds. The van der Waals surface area contributed by atoms with E-state index in [0.717, 1.165) is 25.2 Å². The summed E-state index contributed by atoms with van der Waals surface area (Å²) >= 11 is 1.56. The fourth-order valence-electron chi connectivity index (χ4n) is 1.17. The Hall–Kier alpha value is -0.260. The summed E-state index contributed by atoms with van der Waals surface area (Å²) < 4.78 is 5.39. The maximum absolute atomic E-state index is 10.4. The first-order valence-electron chi connectivity index (χ1n) is 4.38. The molecule has 1 heterocycles. The van der Waals surface area contributed by atoms with E-state index in [-0.39, 0.29) is 0 Å². The first-order valence-corrected chi connectivity index (χ1v) is 5.53. The summed E-state index contributed by atoms with van der Waals surface area (Å²) in [6.45, 7) is 0.843. The third-order valence-electron chi connectivity index (χ3n) is 1.94. The zero-order chi connectivity index (χ0) is 9.68. The highest BCUT2D eigenvalue weighted by Crippen LogP contribution is 2.17. The van der Waals surface area contributed by atoms with E-state index < -0.39 is 12.0 Å². The van der Waals surface area contributed by atoms with E-state index >= 15 is 0 Å². The molecule has 0 spiro atoms. The van der Waals surface area contributed by atoms with Crippen molar-refractivity contribution in [3.63, 3.8) is 0 Å². The van der Waals surface area contributed by atoms with Gasteiger partial charge in [-0.15, -0.1) is 0 Å². The Morgan fingerprint density at radius 1 is 1.77 bits per heavy atom. The lowest BCUT2D eigenvalue weighted by Crippen LogP contribution is -2.32. The average molecular weight is 205 g/mol. The molecule has 1 unspecified atom stereocenters. The molecule has 1 aliphatic heterocycles. The van der Waals surface area contributed by atoms with Crippen molar-refractivity contribution in [2.75, 3.05) is 18.1 Å².